The van der Waals surface area contributed by atoms with Gasteiger partial charge in [-0.15, -0.1) is 11.6 Å². The zero-order valence-electron chi connectivity index (χ0n) is 12.1. The standard InChI is InChI=1S/C16H22ClN3/c1-2-5-13-7-10-19(11-8-13)16-14(12-17)20-9-4-3-6-15(20)18-16/h3-4,6,9,13H,2,5,7-8,10-12H2,1H3. The van der Waals surface area contributed by atoms with E-state index in [-0.39, 0.29) is 0 Å². The molecule has 1 fully saturated rings. The van der Waals surface area contributed by atoms with Crippen LogP contribution in [0.3, 0.4) is 0 Å². The van der Waals surface area contributed by atoms with Crippen LogP contribution in [0.15, 0.2) is 24.4 Å². The average molecular weight is 292 g/mol. The van der Waals surface area contributed by atoms with Crippen LogP contribution in [0.1, 0.15) is 38.3 Å². The summed E-state index contributed by atoms with van der Waals surface area (Å²) in [5.74, 6) is 2.49. The summed E-state index contributed by atoms with van der Waals surface area (Å²) in [6.45, 7) is 4.50. The van der Waals surface area contributed by atoms with Gasteiger partial charge in [0.15, 0.2) is 5.82 Å². The van der Waals surface area contributed by atoms with E-state index in [1.807, 2.05) is 24.4 Å². The van der Waals surface area contributed by atoms with E-state index in [2.05, 4.69) is 16.2 Å². The Kier molecular flexibility index (Phi) is 4.16. The van der Waals surface area contributed by atoms with Gasteiger partial charge in [0.25, 0.3) is 0 Å². The minimum atomic E-state index is 0.509. The highest BCUT2D eigenvalue weighted by Crippen LogP contribution is 2.29. The van der Waals surface area contributed by atoms with Crippen LogP contribution in [-0.2, 0) is 5.88 Å². The summed E-state index contributed by atoms with van der Waals surface area (Å²) in [6, 6.07) is 6.10. The molecule has 0 bridgehead atoms. The van der Waals surface area contributed by atoms with E-state index in [0.717, 1.165) is 36.2 Å². The maximum absolute atomic E-state index is 6.16. The number of nitrogens with zero attached hydrogens (tertiary/aromatic N) is 3. The van der Waals surface area contributed by atoms with Crippen LogP contribution in [0.5, 0.6) is 0 Å². The first-order chi connectivity index (χ1) is 9.83. The van der Waals surface area contributed by atoms with Crippen molar-refractivity contribution < 1.29 is 0 Å². The van der Waals surface area contributed by atoms with Crippen molar-refractivity contribution in [2.24, 2.45) is 5.92 Å². The second-order valence-electron chi connectivity index (χ2n) is 5.66. The molecule has 0 aliphatic carbocycles. The zero-order chi connectivity index (χ0) is 13.9. The largest absolute Gasteiger partial charge is 0.355 e. The number of rotatable bonds is 4. The predicted molar refractivity (Wildman–Crippen MR) is 84.6 cm³/mol. The Hall–Kier alpha value is -1.22. The summed E-state index contributed by atoms with van der Waals surface area (Å²) in [5.41, 5.74) is 2.12. The molecule has 0 amide bonds. The molecule has 1 aliphatic heterocycles. The number of piperidine rings is 1. The van der Waals surface area contributed by atoms with Crippen LogP contribution in [0.2, 0.25) is 0 Å². The highest BCUT2D eigenvalue weighted by molar-refractivity contribution is 6.17. The number of hydrogen-bond donors (Lipinski definition) is 0. The van der Waals surface area contributed by atoms with Crippen molar-refractivity contribution in [2.45, 2.75) is 38.5 Å². The van der Waals surface area contributed by atoms with Crippen LogP contribution in [-0.4, -0.2) is 22.5 Å². The summed E-state index contributed by atoms with van der Waals surface area (Å²) < 4.78 is 2.11. The third-order valence-electron chi connectivity index (χ3n) is 4.35. The molecule has 0 atom stereocenters. The Bertz CT molecular complexity index is 570. The zero-order valence-corrected chi connectivity index (χ0v) is 12.8. The first kappa shape index (κ1) is 13.7. The smallest absolute Gasteiger partial charge is 0.152 e. The van der Waals surface area contributed by atoms with Gasteiger partial charge in [-0.1, -0.05) is 25.8 Å². The van der Waals surface area contributed by atoms with Gasteiger partial charge in [-0.25, -0.2) is 4.98 Å². The first-order valence-corrected chi connectivity index (χ1v) is 8.13. The molecule has 0 aromatic carbocycles. The lowest BCUT2D eigenvalue weighted by Gasteiger charge is -2.32. The van der Waals surface area contributed by atoms with E-state index >= 15 is 0 Å². The molecule has 1 aliphatic rings. The second kappa shape index (κ2) is 6.04. The number of alkyl halides is 1. The topological polar surface area (TPSA) is 20.5 Å². The molecule has 2 aromatic rings. The Morgan fingerprint density at radius 1 is 1.30 bits per heavy atom. The van der Waals surface area contributed by atoms with Crippen molar-refractivity contribution in [3.8, 4) is 0 Å². The van der Waals surface area contributed by atoms with Gasteiger partial charge >= 0.3 is 0 Å². The van der Waals surface area contributed by atoms with E-state index in [4.69, 9.17) is 16.6 Å². The fraction of sp³-hybridized carbons (Fsp3) is 0.562. The third-order valence-corrected chi connectivity index (χ3v) is 4.60. The summed E-state index contributed by atoms with van der Waals surface area (Å²) in [5, 5.41) is 0. The number of imidazole rings is 1. The fourth-order valence-electron chi connectivity index (χ4n) is 3.25. The minimum absolute atomic E-state index is 0.509. The minimum Gasteiger partial charge on any atom is -0.355 e. The van der Waals surface area contributed by atoms with Crippen LogP contribution < -0.4 is 4.90 Å². The molecule has 0 spiro atoms. The number of halogens is 1. The SMILES string of the molecule is CCCC1CCN(c2nc3ccccn3c2CCl)CC1. The normalized spacial score (nSPS) is 17.0. The molecule has 4 heteroatoms. The van der Waals surface area contributed by atoms with Crippen LogP contribution >= 0.6 is 11.6 Å². The molecule has 3 heterocycles. The first-order valence-electron chi connectivity index (χ1n) is 7.60. The van der Waals surface area contributed by atoms with Gasteiger partial charge in [0.2, 0.25) is 0 Å². The van der Waals surface area contributed by atoms with Gasteiger partial charge in [-0.3, -0.25) is 0 Å². The molecule has 108 valence electrons. The van der Waals surface area contributed by atoms with Gasteiger partial charge in [0.05, 0.1) is 11.6 Å². The molecule has 3 nitrogen and oxygen atoms in total. The Balaban J connectivity index is 1.84. The quantitative estimate of drug-likeness (QED) is 0.791. The van der Waals surface area contributed by atoms with Gasteiger partial charge in [-0.05, 0) is 30.9 Å². The number of fused-ring (bicyclic) bond motifs is 1. The summed E-state index contributed by atoms with van der Waals surface area (Å²) in [6.07, 6.45) is 7.27. The molecule has 0 unspecified atom stereocenters. The predicted octanol–water partition coefficient (Wildman–Crippen LogP) is 4.09. The lowest BCUT2D eigenvalue weighted by molar-refractivity contribution is 0.377. The van der Waals surface area contributed by atoms with Gasteiger partial charge < -0.3 is 9.30 Å². The summed E-state index contributed by atoms with van der Waals surface area (Å²) in [4.78, 5) is 7.20. The van der Waals surface area contributed by atoms with Crippen LogP contribution in [0.4, 0.5) is 5.82 Å². The van der Waals surface area contributed by atoms with Crippen molar-refractivity contribution in [2.75, 3.05) is 18.0 Å². The van der Waals surface area contributed by atoms with E-state index in [1.165, 1.54) is 25.7 Å². The number of anilines is 1. The summed E-state index contributed by atoms with van der Waals surface area (Å²) >= 11 is 6.16. The van der Waals surface area contributed by atoms with Crippen molar-refractivity contribution >= 4 is 23.1 Å². The fourth-order valence-corrected chi connectivity index (χ4v) is 3.50. The third kappa shape index (κ3) is 2.51. The molecular weight excluding hydrogens is 270 g/mol. The van der Waals surface area contributed by atoms with Crippen LogP contribution in [0, 0.1) is 5.92 Å². The molecule has 0 radical (unpaired) electrons. The number of hydrogen-bond acceptors (Lipinski definition) is 2. The van der Waals surface area contributed by atoms with Crippen LogP contribution in [0.25, 0.3) is 5.65 Å². The molecule has 20 heavy (non-hydrogen) atoms. The Morgan fingerprint density at radius 2 is 2.10 bits per heavy atom. The van der Waals surface area contributed by atoms with Gasteiger partial charge in [-0.2, -0.15) is 0 Å². The van der Waals surface area contributed by atoms with Crippen molar-refractivity contribution in [3.63, 3.8) is 0 Å². The van der Waals surface area contributed by atoms with E-state index in [1.54, 1.807) is 0 Å². The van der Waals surface area contributed by atoms with Gasteiger partial charge in [0, 0.05) is 19.3 Å². The Labute approximate surface area is 125 Å². The number of aromatic nitrogens is 2. The Morgan fingerprint density at radius 3 is 2.80 bits per heavy atom. The van der Waals surface area contributed by atoms with Crippen molar-refractivity contribution in [1.29, 1.82) is 0 Å². The van der Waals surface area contributed by atoms with Crippen molar-refractivity contribution in [1.82, 2.24) is 9.38 Å². The maximum atomic E-state index is 6.16. The van der Waals surface area contributed by atoms with Gasteiger partial charge in [0.1, 0.15) is 5.65 Å². The van der Waals surface area contributed by atoms with E-state index in [0.29, 0.717) is 5.88 Å². The lowest BCUT2D eigenvalue weighted by Crippen LogP contribution is -2.34. The summed E-state index contributed by atoms with van der Waals surface area (Å²) in [7, 11) is 0. The molecule has 3 rings (SSSR count). The average Bonchev–Trinajstić information content (AvgIpc) is 2.87. The number of pyridine rings is 1. The van der Waals surface area contributed by atoms with E-state index in [9.17, 15) is 0 Å². The molecule has 0 saturated carbocycles. The highest BCUT2D eigenvalue weighted by atomic mass is 35.5. The molecule has 1 saturated heterocycles. The molecule has 0 N–H and O–H groups in total. The maximum Gasteiger partial charge on any atom is 0.152 e. The monoisotopic (exact) mass is 291 g/mol. The van der Waals surface area contributed by atoms with Crippen molar-refractivity contribution in [3.05, 3.63) is 30.1 Å². The lowest BCUT2D eigenvalue weighted by atomic mass is 9.92. The van der Waals surface area contributed by atoms with E-state index < -0.39 is 0 Å². The molecule has 2 aromatic heterocycles. The molecular formula is C16H22ClN3. The second-order valence-corrected chi connectivity index (χ2v) is 5.93. The highest BCUT2D eigenvalue weighted by Gasteiger charge is 2.23.